The van der Waals surface area contributed by atoms with Crippen molar-refractivity contribution in [2.75, 3.05) is 12.3 Å². The van der Waals surface area contributed by atoms with Crippen molar-refractivity contribution in [2.24, 2.45) is 11.8 Å². The number of benzene rings is 1. The number of nitrogens with two attached hydrogens (primary N) is 1. The molecule has 2 nitrogen and oxygen atoms in total. The van der Waals surface area contributed by atoms with Crippen LogP contribution in [-0.4, -0.2) is 17.5 Å². The van der Waals surface area contributed by atoms with Gasteiger partial charge in [0.1, 0.15) is 0 Å². The Morgan fingerprint density at radius 1 is 1.33 bits per heavy atom. The highest BCUT2D eigenvalue weighted by molar-refractivity contribution is 9.10. The fourth-order valence-electron chi connectivity index (χ4n) is 2.98. The van der Waals surface area contributed by atoms with Gasteiger partial charge in [0.2, 0.25) is 0 Å². The van der Waals surface area contributed by atoms with E-state index in [1.807, 2.05) is 12.1 Å². The standard InChI is InChI=1S/C15H23BrN2/c1-10-7-11(2)12(3)18(8-10)9-13-5-4-6-14(17)15(13)16/h4-6,10-12H,7-9,17H2,1-3H3. The van der Waals surface area contributed by atoms with Crippen LogP contribution in [0.3, 0.4) is 0 Å². The molecule has 1 saturated heterocycles. The predicted octanol–water partition coefficient (Wildman–Crippen LogP) is 3.90. The molecule has 2 rings (SSSR count). The maximum atomic E-state index is 5.95. The van der Waals surface area contributed by atoms with Crippen LogP contribution in [0, 0.1) is 11.8 Å². The van der Waals surface area contributed by atoms with E-state index in [1.54, 1.807) is 0 Å². The summed E-state index contributed by atoms with van der Waals surface area (Å²) in [6, 6.07) is 6.79. The lowest BCUT2D eigenvalue weighted by Gasteiger charge is -2.41. The molecule has 0 spiro atoms. The molecule has 1 aliphatic rings. The first-order valence-corrected chi connectivity index (χ1v) is 7.55. The van der Waals surface area contributed by atoms with Gasteiger partial charge in [-0.15, -0.1) is 0 Å². The number of likely N-dealkylation sites (tertiary alicyclic amines) is 1. The van der Waals surface area contributed by atoms with E-state index in [9.17, 15) is 0 Å². The summed E-state index contributed by atoms with van der Waals surface area (Å²) in [4.78, 5) is 2.58. The van der Waals surface area contributed by atoms with Crippen molar-refractivity contribution in [1.29, 1.82) is 0 Å². The number of halogens is 1. The zero-order valence-electron chi connectivity index (χ0n) is 11.5. The maximum absolute atomic E-state index is 5.95. The fourth-order valence-corrected chi connectivity index (χ4v) is 3.37. The highest BCUT2D eigenvalue weighted by atomic mass is 79.9. The van der Waals surface area contributed by atoms with E-state index >= 15 is 0 Å². The Morgan fingerprint density at radius 3 is 2.78 bits per heavy atom. The third kappa shape index (κ3) is 2.89. The minimum absolute atomic E-state index is 0.648. The Hall–Kier alpha value is -0.540. The van der Waals surface area contributed by atoms with Crippen LogP contribution in [0.5, 0.6) is 0 Å². The molecule has 3 atom stereocenters. The van der Waals surface area contributed by atoms with Gasteiger partial charge >= 0.3 is 0 Å². The number of rotatable bonds is 2. The molecule has 18 heavy (non-hydrogen) atoms. The third-order valence-electron chi connectivity index (χ3n) is 4.20. The van der Waals surface area contributed by atoms with Crippen LogP contribution in [0.2, 0.25) is 0 Å². The molecule has 3 unspecified atom stereocenters. The summed E-state index contributed by atoms with van der Waals surface area (Å²) in [6.45, 7) is 9.23. The van der Waals surface area contributed by atoms with Crippen molar-refractivity contribution in [1.82, 2.24) is 4.90 Å². The van der Waals surface area contributed by atoms with Crippen molar-refractivity contribution in [3.8, 4) is 0 Å². The molecule has 0 aromatic heterocycles. The smallest absolute Gasteiger partial charge is 0.0461 e. The van der Waals surface area contributed by atoms with Gasteiger partial charge in [-0.2, -0.15) is 0 Å². The van der Waals surface area contributed by atoms with E-state index in [-0.39, 0.29) is 0 Å². The molecule has 1 heterocycles. The zero-order valence-corrected chi connectivity index (χ0v) is 13.1. The summed E-state index contributed by atoms with van der Waals surface area (Å²) < 4.78 is 1.06. The minimum atomic E-state index is 0.648. The Morgan fingerprint density at radius 2 is 2.06 bits per heavy atom. The van der Waals surface area contributed by atoms with Gasteiger partial charge in [-0.3, -0.25) is 4.90 Å². The van der Waals surface area contributed by atoms with E-state index in [0.29, 0.717) is 6.04 Å². The zero-order chi connectivity index (χ0) is 13.3. The molecule has 1 aliphatic heterocycles. The van der Waals surface area contributed by atoms with E-state index in [0.717, 1.165) is 28.5 Å². The second-order valence-electron chi connectivity index (χ2n) is 5.81. The van der Waals surface area contributed by atoms with Crippen molar-refractivity contribution in [3.05, 3.63) is 28.2 Å². The van der Waals surface area contributed by atoms with Crippen molar-refractivity contribution < 1.29 is 0 Å². The summed E-state index contributed by atoms with van der Waals surface area (Å²) in [7, 11) is 0. The summed E-state index contributed by atoms with van der Waals surface area (Å²) >= 11 is 3.61. The number of nitrogens with zero attached hydrogens (tertiary/aromatic N) is 1. The van der Waals surface area contributed by atoms with E-state index in [2.05, 4.69) is 47.7 Å². The predicted molar refractivity (Wildman–Crippen MR) is 81.4 cm³/mol. The fraction of sp³-hybridized carbons (Fsp3) is 0.600. The lowest BCUT2D eigenvalue weighted by atomic mass is 9.86. The first kappa shape index (κ1) is 13.9. The molecule has 100 valence electrons. The first-order chi connectivity index (χ1) is 8.49. The van der Waals surface area contributed by atoms with Crippen molar-refractivity contribution in [2.45, 2.75) is 39.8 Å². The normalized spacial score (nSPS) is 29.4. The van der Waals surface area contributed by atoms with Crippen molar-refractivity contribution >= 4 is 21.6 Å². The van der Waals surface area contributed by atoms with E-state index in [1.165, 1.54) is 18.5 Å². The molecule has 3 heteroatoms. The number of hydrogen-bond acceptors (Lipinski definition) is 2. The first-order valence-electron chi connectivity index (χ1n) is 6.76. The van der Waals surface area contributed by atoms with Gasteiger partial charge in [-0.1, -0.05) is 26.0 Å². The third-order valence-corrected chi connectivity index (χ3v) is 5.17. The lowest BCUT2D eigenvalue weighted by molar-refractivity contribution is 0.0728. The molecule has 0 bridgehead atoms. The van der Waals surface area contributed by atoms with Gasteiger partial charge in [-0.05, 0) is 52.7 Å². The van der Waals surface area contributed by atoms with Gasteiger partial charge in [0.25, 0.3) is 0 Å². The number of piperidine rings is 1. The molecule has 0 radical (unpaired) electrons. The average molecular weight is 311 g/mol. The van der Waals surface area contributed by atoms with Crippen LogP contribution < -0.4 is 5.73 Å². The molecule has 2 N–H and O–H groups in total. The summed E-state index contributed by atoms with van der Waals surface area (Å²) in [5, 5.41) is 0. The molecule has 1 fully saturated rings. The minimum Gasteiger partial charge on any atom is -0.398 e. The number of nitrogen functional groups attached to an aromatic ring is 1. The highest BCUT2D eigenvalue weighted by Crippen LogP contribution is 2.31. The largest absolute Gasteiger partial charge is 0.398 e. The summed E-state index contributed by atoms with van der Waals surface area (Å²) in [5.74, 6) is 1.56. The van der Waals surface area contributed by atoms with Crippen LogP contribution >= 0.6 is 15.9 Å². The van der Waals surface area contributed by atoms with Gasteiger partial charge in [0.15, 0.2) is 0 Å². The maximum Gasteiger partial charge on any atom is 0.0461 e. The quantitative estimate of drug-likeness (QED) is 0.839. The second kappa shape index (κ2) is 5.62. The summed E-state index contributed by atoms with van der Waals surface area (Å²) in [5.41, 5.74) is 8.08. The van der Waals surface area contributed by atoms with Crippen LogP contribution in [0.15, 0.2) is 22.7 Å². The summed E-state index contributed by atoms with van der Waals surface area (Å²) in [6.07, 6.45) is 1.34. The van der Waals surface area contributed by atoms with E-state index in [4.69, 9.17) is 5.73 Å². The molecular weight excluding hydrogens is 288 g/mol. The molecular formula is C15H23BrN2. The van der Waals surface area contributed by atoms with Crippen LogP contribution in [0.1, 0.15) is 32.8 Å². The number of anilines is 1. The topological polar surface area (TPSA) is 29.3 Å². The van der Waals surface area contributed by atoms with Gasteiger partial charge in [0, 0.05) is 29.3 Å². The Kier molecular flexibility index (Phi) is 4.33. The molecule has 1 aromatic carbocycles. The second-order valence-corrected chi connectivity index (χ2v) is 6.60. The SMILES string of the molecule is CC1CC(C)C(C)N(Cc2cccc(N)c2Br)C1. The van der Waals surface area contributed by atoms with Gasteiger partial charge in [0.05, 0.1) is 0 Å². The molecule has 1 aromatic rings. The van der Waals surface area contributed by atoms with Gasteiger partial charge in [-0.25, -0.2) is 0 Å². The lowest BCUT2D eigenvalue weighted by Crippen LogP contribution is -2.45. The Labute approximate surface area is 119 Å². The highest BCUT2D eigenvalue weighted by Gasteiger charge is 2.28. The Balaban J connectivity index is 2.15. The van der Waals surface area contributed by atoms with Crippen LogP contribution in [-0.2, 0) is 6.54 Å². The van der Waals surface area contributed by atoms with Gasteiger partial charge < -0.3 is 5.73 Å². The average Bonchev–Trinajstić information content (AvgIpc) is 2.31. The molecule has 0 saturated carbocycles. The van der Waals surface area contributed by atoms with Crippen LogP contribution in [0.4, 0.5) is 5.69 Å². The molecule has 0 amide bonds. The number of hydrogen-bond donors (Lipinski definition) is 1. The Bertz CT molecular complexity index is 419. The van der Waals surface area contributed by atoms with E-state index < -0.39 is 0 Å². The molecule has 0 aliphatic carbocycles. The monoisotopic (exact) mass is 310 g/mol. The van der Waals surface area contributed by atoms with Crippen molar-refractivity contribution in [3.63, 3.8) is 0 Å². The van der Waals surface area contributed by atoms with Crippen LogP contribution in [0.25, 0.3) is 0 Å².